The maximum Gasteiger partial charge on any atom is 0.122 e. The first-order valence-corrected chi connectivity index (χ1v) is 7.63. The number of allylic oxidation sites excluding steroid dienone is 2. The third kappa shape index (κ3) is 2.39. The quantitative estimate of drug-likeness (QED) is 0.668. The summed E-state index contributed by atoms with van der Waals surface area (Å²) in [5.74, 6) is 1.03. The van der Waals surface area contributed by atoms with Crippen molar-refractivity contribution < 1.29 is 4.74 Å². The van der Waals surface area contributed by atoms with E-state index in [1.54, 1.807) is 7.11 Å². The molecule has 1 nitrogen and oxygen atoms in total. The standard InChI is InChI=1S/C19H28O/c1-14(2)13-19(11-7-10-18(19,4)5)16-12-15(3)8-9-17(16)20-6/h8-9,12-13H,7,10-11H2,1-6H3. The summed E-state index contributed by atoms with van der Waals surface area (Å²) in [5, 5.41) is 0. The van der Waals surface area contributed by atoms with Crippen LogP contribution in [-0.4, -0.2) is 7.11 Å². The van der Waals surface area contributed by atoms with Crippen molar-refractivity contribution in [3.8, 4) is 5.75 Å². The van der Waals surface area contributed by atoms with Gasteiger partial charge in [0, 0.05) is 11.0 Å². The Balaban J connectivity index is 2.71. The fraction of sp³-hybridized carbons (Fsp3) is 0.579. The van der Waals surface area contributed by atoms with Gasteiger partial charge in [-0.05, 0) is 45.1 Å². The van der Waals surface area contributed by atoms with E-state index in [4.69, 9.17) is 4.74 Å². The third-order valence-electron chi connectivity index (χ3n) is 4.95. The fourth-order valence-electron chi connectivity index (χ4n) is 3.88. The van der Waals surface area contributed by atoms with Crippen LogP contribution in [0.25, 0.3) is 0 Å². The Kier molecular flexibility index (Phi) is 4.00. The summed E-state index contributed by atoms with van der Waals surface area (Å²) in [6.45, 7) is 11.4. The molecule has 1 aromatic rings. The molecular formula is C19H28O. The summed E-state index contributed by atoms with van der Waals surface area (Å²) >= 11 is 0. The minimum absolute atomic E-state index is 0.100. The van der Waals surface area contributed by atoms with Crippen molar-refractivity contribution in [2.75, 3.05) is 7.11 Å². The summed E-state index contributed by atoms with van der Waals surface area (Å²) < 4.78 is 5.68. The van der Waals surface area contributed by atoms with Gasteiger partial charge in [-0.1, -0.05) is 49.6 Å². The summed E-state index contributed by atoms with van der Waals surface area (Å²) in [4.78, 5) is 0. The van der Waals surface area contributed by atoms with Gasteiger partial charge < -0.3 is 4.74 Å². The molecule has 1 aliphatic rings. The molecule has 110 valence electrons. The van der Waals surface area contributed by atoms with E-state index < -0.39 is 0 Å². The largest absolute Gasteiger partial charge is 0.496 e. The molecule has 0 bridgehead atoms. The van der Waals surface area contributed by atoms with Crippen molar-refractivity contribution >= 4 is 0 Å². The average molecular weight is 272 g/mol. The summed E-state index contributed by atoms with van der Waals surface area (Å²) in [7, 11) is 1.78. The molecule has 0 saturated heterocycles. The summed E-state index contributed by atoms with van der Waals surface area (Å²) in [6, 6.07) is 6.59. The first-order chi connectivity index (χ1) is 9.32. The molecule has 1 aromatic carbocycles. The van der Waals surface area contributed by atoms with Crippen molar-refractivity contribution in [2.24, 2.45) is 5.41 Å². The minimum Gasteiger partial charge on any atom is -0.496 e. The second kappa shape index (κ2) is 5.27. The average Bonchev–Trinajstić information content (AvgIpc) is 2.64. The number of hydrogen-bond acceptors (Lipinski definition) is 1. The van der Waals surface area contributed by atoms with Gasteiger partial charge in [0.2, 0.25) is 0 Å². The number of methoxy groups -OCH3 is 1. The maximum absolute atomic E-state index is 5.68. The highest BCUT2D eigenvalue weighted by molar-refractivity contribution is 5.48. The molecule has 1 heteroatoms. The number of aryl methyl sites for hydroxylation is 1. The Morgan fingerprint density at radius 2 is 1.90 bits per heavy atom. The zero-order valence-corrected chi connectivity index (χ0v) is 13.8. The number of rotatable bonds is 3. The molecule has 1 saturated carbocycles. The lowest BCUT2D eigenvalue weighted by Crippen LogP contribution is -2.36. The molecule has 1 unspecified atom stereocenters. The molecule has 1 fully saturated rings. The summed E-state index contributed by atoms with van der Waals surface area (Å²) in [5.41, 5.74) is 4.44. The lowest BCUT2D eigenvalue weighted by molar-refractivity contribution is 0.248. The van der Waals surface area contributed by atoms with E-state index in [0.717, 1.165) is 5.75 Å². The van der Waals surface area contributed by atoms with Gasteiger partial charge in [0.15, 0.2) is 0 Å². The molecule has 0 spiro atoms. The second-order valence-electron chi connectivity index (χ2n) is 7.13. The van der Waals surface area contributed by atoms with Gasteiger partial charge in [-0.3, -0.25) is 0 Å². The van der Waals surface area contributed by atoms with E-state index >= 15 is 0 Å². The predicted octanol–water partition coefficient (Wildman–Crippen LogP) is 5.42. The van der Waals surface area contributed by atoms with Crippen LogP contribution in [0, 0.1) is 12.3 Å². The van der Waals surface area contributed by atoms with E-state index in [1.807, 2.05) is 0 Å². The Bertz CT molecular complexity index is 521. The highest BCUT2D eigenvalue weighted by atomic mass is 16.5. The SMILES string of the molecule is COc1ccc(C)cc1C1(C=C(C)C)CCCC1(C)C. The van der Waals surface area contributed by atoms with Gasteiger partial charge >= 0.3 is 0 Å². The Hall–Kier alpha value is -1.24. The van der Waals surface area contributed by atoms with Crippen LogP contribution in [-0.2, 0) is 5.41 Å². The zero-order chi connectivity index (χ0) is 15.0. The van der Waals surface area contributed by atoms with Crippen LogP contribution in [0.4, 0.5) is 0 Å². The molecule has 0 aliphatic heterocycles. The van der Waals surface area contributed by atoms with E-state index in [-0.39, 0.29) is 10.8 Å². The van der Waals surface area contributed by atoms with Gasteiger partial charge in [0.25, 0.3) is 0 Å². The highest BCUT2D eigenvalue weighted by Crippen LogP contribution is 2.57. The first kappa shape index (κ1) is 15.2. The Labute approximate surface area is 124 Å². The molecule has 0 N–H and O–H groups in total. The zero-order valence-electron chi connectivity index (χ0n) is 13.8. The fourth-order valence-corrected chi connectivity index (χ4v) is 3.88. The van der Waals surface area contributed by atoms with Crippen molar-refractivity contribution in [3.05, 3.63) is 41.0 Å². The number of ether oxygens (including phenoxy) is 1. The summed E-state index contributed by atoms with van der Waals surface area (Å²) in [6.07, 6.45) is 6.25. The van der Waals surface area contributed by atoms with E-state index in [0.29, 0.717) is 0 Å². The maximum atomic E-state index is 5.68. The van der Waals surface area contributed by atoms with Crippen molar-refractivity contribution in [1.29, 1.82) is 0 Å². The van der Waals surface area contributed by atoms with Crippen LogP contribution in [0.1, 0.15) is 58.1 Å². The van der Waals surface area contributed by atoms with Gasteiger partial charge in [-0.25, -0.2) is 0 Å². The molecular weight excluding hydrogens is 244 g/mol. The van der Waals surface area contributed by atoms with E-state index in [1.165, 1.54) is 36.0 Å². The van der Waals surface area contributed by atoms with Crippen LogP contribution in [0.2, 0.25) is 0 Å². The predicted molar refractivity (Wildman–Crippen MR) is 86.5 cm³/mol. The molecule has 0 amide bonds. The molecule has 1 aliphatic carbocycles. The molecule has 0 radical (unpaired) electrons. The van der Waals surface area contributed by atoms with E-state index in [2.05, 4.69) is 58.9 Å². The number of hydrogen-bond donors (Lipinski definition) is 0. The molecule has 0 aromatic heterocycles. The molecule has 1 atom stereocenters. The monoisotopic (exact) mass is 272 g/mol. The van der Waals surface area contributed by atoms with Crippen molar-refractivity contribution in [2.45, 2.75) is 59.3 Å². The van der Waals surface area contributed by atoms with Crippen LogP contribution in [0.5, 0.6) is 5.75 Å². The minimum atomic E-state index is 0.100. The first-order valence-electron chi connectivity index (χ1n) is 7.63. The van der Waals surface area contributed by atoms with Crippen LogP contribution >= 0.6 is 0 Å². The Morgan fingerprint density at radius 1 is 1.20 bits per heavy atom. The van der Waals surface area contributed by atoms with Crippen molar-refractivity contribution in [3.63, 3.8) is 0 Å². The van der Waals surface area contributed by atoms with Gasteiger partial charge in [0.1, 0.15) is 5.75 Å². The molecule has 2 rings (SSSR count). The van der Waals surface area contributed by atoms with Gasteiger partial charge in [0.05, 0.1) is 7.11 Å². The Morgan fingerprint density at radius 3 is 2.40 bits per heavy atom. The molecule has 0 heterocycles. The topological polar surface area (TPSA) is 9.23 Å². The second-order valence-corrected chi connectivity index (χ2v) is 7.13. The van der Waals surface area contributed by atoms with Crippen molar-refractivity contribution in [1.82, 2.24) is 0 Å². The lowest BCUT2D eigenvalue weighted by Gasteiger charge is -2.41. The normalized spacial score (nSPS) is 24.5. The van der Waals surface area contributed by atoms with Crippen LogP contribution < -0.4 is 4.74 Å². The van der Waals surface area contributed by atoms with Gasteiger partial charge in [-0.2, -0.15) is 0 Å². The lowest BCUT2D eigenvalue weighted by atomic mass is 9.63. The third-order valence-corrected chi connectivity index (χ3v) is 4.95. The molecule has 20 heavy (non-hydrogen) atoms. The van der Waals surface area contributed by atoms with E-state index in [9.17, 15) is 0 Å². The smallest absolute Gasteiger partial charge is 0.122 e. The highest BCUT2D eigenvalue weighted by Gasteiger charge is 2.49. The number of benzene rings is 1. The van der Waals surface area contributed by atoms with Crippen LogP contribution in [0.15, 0.2) is 29.8 Å². The van der Waals surface area contributed by atoms with Gasteiger partial charge in [-0.15, -0.1) is 0 Å². The van der Waals surface area contributed by atoms with Crippen LogP contribution in [0.3, 0.4) is 0 Å².